The number of carbonyl (C=O) groups excluding carboxylic acids is 1. The SMILES string of the molecule is CCCc1nnc2c(=O)[nH]c3cc(C(=O)N4CCCC4c4ccccc4)ccc3n12. The lowest BCUT2D eigenvalue weighted by molar-refractivity contribution is 0.0736. The predicted octanol–water partition coefficient (Wildman–Crippen LogP) is 3.50. The second-order valence-electron chi connectivity index (χ2n) is 7.78. The van der Waals surface area contributed by atoms with E-state index in [-0.39, 0.29) is 23.2 Å². The minimum Gasteiger partial charge on any atom is -0.332 e. The highest BCUT2D eigenvalue weighted by Gasteiger charge is 2.30. The molecule has 2 aromatic carbocycles. The zero-order chi connectivity index (χ0) is 20.7. The largest absolute Gasteiger partial charge is 0.332 e. The number of hydrogen-bond acceptors (Lipinski definition) is 4. The lowest BCUT2D eigenvalue weighted by atomic mass is 10.0. The summed E-state index contributed by atoms with van der Waals surface area (Å²) in [7, 11) is 0. The quantitative estimate of drug-likeness (QED) is 0.567. The van der Waals surface area contributed by atoms with E-state index < -0.39 is 0 Å². The summed E-state index contributed by atoms with van der Waals surface area (Å²) in [6, 6.07) is 15.7. The number of rotatable bonds is 4. The molecule has 30 heavy (non-hydrogen) atoms. The van der Waals surface area contributed by atoms with E-state index >= 15 is 0 Å². The van der Waals surface area contributed by atoms with Crippen LogP contribution in [0.4, 0.5) is 0 Å². The van der Waals surface area contributed by atoms with E-state index in [9.17, 15) is 9.59 Å². The van der Waals surface area contributed by atoms with Crippen molar-refractivity contribution in [1.82, 2.24) is 24.5 Å². The van der Waals surface area contributed by atoms with Crippen LogP contribution in [-0.4, -0.2) is 36.9 Å². The average Bonchev–Trinajstić information content (AvgIpc) is 3.42. The summed E-state index contributed by atoms with van der Waals surface area (Å²) in [5.41, 5.74) is 3.14. The van der Waals surface area contributed by atoms with Gasteiger partial charge in [-0.15, -0.1) is 10.2 Å². The minimum absolute atomic E-state index is 0.0123. The molecule has 5 rings (SSSR count). The second-order valence-corrected chi connectivity index (χ2v) is 7.78. The number of H-pyrrole nitrogens is 1. The molecule has 0 bridgehead atoms. The topological polar surface area (TPSA) is 83.4 Å². The molecule has 1 amide bonds. The number of hydrogen-bond donors (Lipinski definition) is 1. The second kappa shape index (κ2) is 7.40. The lowest BCUT2D eigenvalue weighted by Gasteiger charge is -2.25. The van der Waals surface area contributed by atoms with Crippen molar-refractivity contribution in [2.24, 2.45) is 0 Å². The van der Waals surface area contributed by atoms with Crippen LogP contribution in [0.2, 0.25) is 0 Å². The van der Waals surface area contributed by atoms with E-state index in [1.807, 2.05) is 35.2 Å². The Morgan fingerprint density at radius 3 is 2.80 bits per heavy atom. The van der Waals surface area contributed by atoms with Crippen molar-refractivity contribution in [2.75, 3.05) is 6.54 Å². The molecule has 0 aliphatic carbocycles. The number of aryl methyl sites for hydroxylation is 1. The van der Waals surface area contributed by atoms with Gasteiger partial charge in [0.25, 0.3) is 11.5 Å². The van der Waals surface area contributed by atoms with Crippen molar-refractivity contribution in [1.29, 1.82) is 0 Å². The third-order valence-electron chi connectivity index (χ3n) is 5.84. The Morgan fingerprint density at radius 2 is 2.00 bits per heavy atom. The Morgan fingerprint density at radius 1 is 1.17 bits per heavy atom. The van der Waals surface area contributed by atoms with Crippen molar-refractivity contribution < 1.29 is 4.79 Å². The molecule has 1 fully saturated rings. The number of nitrogens with zero attached hydrogens (tertiary/aromatic N) is 4. The van der Waals surface area contributed by atoms with Crippen molar-refractivity contribution in [3.8, 4) is 0 Å². The van der Waals surface area contributed by atoms with Gasteiger partial charge in [-0.3, -0.25) is 14.0 Å². The molecule has 1 unspecified atom stereocenters. The van der Waals surface area contributed by atoms with Gasteiger partial charge in [-0.1, -0.05) is 37.3 Å². The first-order valence-electron chi connectivity index (χ1n) is 10.4. The van der Waals surface area contributed by atoms with Crippen LogP contribution in [0.1, 0.15) is 54.0 Å². The minimum atomic E-state index is -0.301. The number of carbonyl (C=O) groups is 1. The molecular weight excluding hydrogens is 378 g/mol. The van der Waals surface area contributed by atoms with Crippen LogP contribution in [0.3, 0.4) is 0 Å². The Hall–Kier alpha value is -3.48. The number of aromatic nitrogens is 4. The van der Waals surface area contributed by atoms with Crippen LogP contribution in [0, 0.1) is 0 Å². The summed E-state index contributed by atoms with van der Waals surface area (Å²) < 4.78 is 1.80. The lowest BCUT2D eigenvalue weighted by Crippen LogP contribution is -2.30. The average molecular weight is 401 g/mol. The number of fused-ring (bicyclic) bond motifs is 3. The number of amides is 1. The molecule has 0 radical (unpaired) electrons. The molecule has 1 atom stereocenters. The fourth-order valence-electron chi connectivity index (χ4n) is 4.44. The fourth-order valence-corrected chi connectivity index (χ4v) is 4.44. The predicted molar refractivity (Wildman–Crippen MR) is 115 cm³/mol. The first-order valence-corrected chi connectivity index (χ1v) is 10.4. The molecule has 4 aromatic rings. The first kappa shape index (κ1) is 18.5. The van der Waals surface area contributed by atoms with Gasteiger partial charge in [0.2, 0.25) is 5.65 Å². The molecule has 1 aliphatic heterocycles. The van der Waals surface area contributed by atoms with Crippen LogP contribution >= 0.6 is 0 Å². The standard InChI is InChI=1S/C23H23N5O2/c1-2-7-20-25-26-21-22(29)24-17-14-16(11-12-19(17)28(20)21)23(30)27-13-6-10-18(27)15-8-4-3-5-9-15/h3-5,8-9,11-12,14,18H,2,6-7,10,13H2,1H3,(H,24,29). The van der Waals surface area contributed by atoms with Gasteiger partial charge in [-0.25, -0.2) is 0 Å². The van der Waals surface area contributed by atoms with Gasteiger partial charge in [0, 0.05) is 18.5 Å². The highest BCUT2D eigenvalue weighted by Crippen LogP contribution is 2.33. The zero-order valence-corrected chi connectivity index (χ0v) is 16.8. The summed E-state index contributed by atoms with van der Waals surface area (Å²) >= 11 is 0. The zero-order valence-electron chi connectivity index (χ0n) is 16.8. The third-order valence-corrected chi connectivity index (χ3v) is 5.84. The Labute approximate surface area is 173 Å². The summed E-state index contributed by atoms with van der Waals surface area (Å²) in [6.45, 7) is 2.80. The van der Waals surface area contributed by atoms with E-state index in [2.05, 4.69) is 34.2 Å². The summed E-state index contributed by atoms with van der Waals surface area (Å²) in [4.78, 5) is 30.7. The van der Waals surface area contributed by atoms with Crippen LogP contribution in [0.25, 0.3) is 16.7 Å². The smallest absolute Gasteiger partial charge is 0.294 e. The molecule has 1 aliphatic rings. The number of benzene rings is 2. The molecule has 152 valence electrons. The Bertz CT molecular complexity index is 1290. The van der Waals surface area contributed by atoms with Crippen LogP contribution in [-0.2, 0) is 6.42 Å². The molecule has 1 N–H and O–H groups in total. The van der Waals surface area contributed by atoms with Crippen molar-refractivity contribution >= 4 is 22.6 Å². The number of nitrogens with one attached hydrogen (secondary N) is 1. The molecule has 2 aromatic heterocycles. The van der Waals surface area contributed by atoms with Gasteiger partial charge < -0.3 is 9.88 Å². The monoisotopic (exact) mass is 401 g/mol. The van der Waals surface area contributed by atoms with E-state index in [0.717, 1.165) is 49.1 Å². The summed E-state index contributed by atoms with van der Waals surface area (Å²) in [5.74, 6) is 0.744. The van der Waals surface area contributed by atoms with E-state index in [1.165, 1.54) is 0 Å². The van der Waals surface area contributed by atoms with Gasteiger partial charge in [-0.05, 0) is 43.0 Å². The van der Waals surface area contributed by atoms with E-state index in [0.29, 0.717) is 11.1 Å². The van der Waals surface area contributed by atoms with Gasteiger partial charge >= 0.3 is 0 Å². The van der Waals surface area contributed by atoms with E-state index in [4.69, 9.17) is 0 Å². The highest BCUT2D eigenvalue weighted by atomic mass is 16.2. The Balaban J connectivity index is 1.56. The van der Waals surface area contributed by atoms with Crippen molar-refractivity contribution in [3.63, 3.8) is 0 Å². The first-order chi connectivity index (χ1) is 14.7. The summed E-state index contributed by atoms with van der Waals surface area (Å²) in [5, 5.41) is 8.22. The van der Waals surface area contributed by atoms with Crippen LogP contribution in [0.5, 0.6) is 0 Å². The maximum absolute atomic E-state index is 13.3. The number of likely N-dealkylation sites (tertiary alicyclic amines) is 1. The maximum atomic E-state index is 13.3. The summed E-state index contributed by atoms with van der Waals surface area (Å²) in [6.07, 6.45) is 3.58. The van der Waals surface area contributed by atoms with Crippen LogP contribution < -0.4 is 5.56 Å². The highest BCUT2D eigenvalue weighted by molar-refractivity contribution is 5.98. The fraction of sp³-hybridized carbons (Fsp3) is 0.304. The normalized spacial score (nSPS) is 16.6. The molecule has 0 spiro atoms. The van der Waals surface area contributed by atoms with Gasteiger partial charge in [-0.2, -0.15) is 0 Å². The van der Waals surface area contributed by atoms with Crippen molar-refractivity contribution in [3.05, 3.63) is 75.8 Å². The molecule has 7 nitrogen and oxygen atoms in total. The maximum Gasteiger partial charge on any atom is 0.294 e. The van der Waals surface area contributed by atoms with Gasteiger partial charge in [0.1, 0.15) is 5.82 Å². The van der Waals surface area contributed by atoms with Gasteiger partial charge in [0.15, 0.2) is 0 Å². The molecule has 1 saturated heterocycles. The molecule has 7 heteroatoms. The molecular formula is C23H23N5O2. The molecule has 0 saturated carbocycles. The number of aromatic amines is 1. The molecule has 3 heterocycles. The third kappa shape index (κ3) is 2.98. The van der Waals surface area contributed by atoms with Crippen LogP contribution in [0.15, 0.2) is 53.3 Å². The van der Waals surface area contributed by atoms with Gasteiger partial charge in [0.05, 0.1) is 17.1 Å². The van der Waals surface area contributed by atoms with E-state index in [1.54, 1.807) is 10.5 Å². The van der Waals surface area contributed by atoms with Crippen molar-refractivity contribution in [2.45, 2.75) is 38.6 Å². The Kier molecular flexibility index (Phi) is 4.58.